The Hall–Kier alpha value is -2.89. The molecule has 6 heteroatoms. The van der Waals surface area contributed by atoms with Gasteiger partial charge in [-0.25, -0.2) is 4.39 Å². The van der Waals surface area contributed by atoms with E-state index >= 15 is 0 Å². The Morgan fingerprint density at radius 2 is 2.04 bits per heavy atom. The summed E-state index contributed by atoms with van der Waals surface area (Å²) < 4.78 is 18.9. The van der Waals surface area contributed by atoms with E-state index in [0.29, 0.717) is 31.0 Å². The molecule has 0 spiro atoms. The van der Waals surface area contributed by atoms with Crippen LogP contribution in [0.1, 0.15) is 30.1 Å². The molecule has 2 amide bonds. The van der Waals surface area contributed by atoms with Crippen molar-refractivity contribution in [1.29, 1.82) is 0 Å². The molecule has 2 aromatic rings. The van der Waals surface area contributed by atoms with Gasteiger partial charge in [-0.2, -0.15) is 0 Å². The predicted molar refractivity (Wildman–Crippen MR) is 96.7 cm³/mol. The van der Waals surface area contributed by atoms with Crippen molar-refractivity contribution >= 4 is 17.5 Å². The number of carbonyl (C=O) groups is 2. The van der Waals surface area contributed by atoms with Crippen LogP contribution in [0.5, 0.6) is 5.75 Å². The maximum Gasteiger partial charge on any atom is 0.254 e. The minimum absolute atomic E-state index is 0.249. The van der Waals surface area contributed by atoms with Crippen LogP contribution in [0.3, 0.4) is 0 Å². The lowest BCUT2D eigenvalue weighted by Gasteiger charge is -2.24. The zero-order valence-corrected chi connectivity index (χ0v) is 14.6. The third-order valence-electron chi connectivity index (χ3n) is 4.33. The fourth-order valence-corrected chi connectivity index (χ4v) is 3.14. The zero-order chi connectivity index (χ0) is 18.5. The highest BCUT2D eigenvalue weighted by atomic mass is 19.1. The normalized spacial score (nSPS) is 16.4. The summed E-state index contributed by atoms with van der Waals surface area (Å²) in [6, 6.07) is 12.1. The molecule has 1 fully saturated rings. The maximum absolute atomic E-state index is 13.4. The first-order chi connectivity index (χ1) is 12.6. The molecule has 26 heavy (non-hydrogen) atoms. The van der Waals surface area contributed by atoms with Gasteiger partial charge in [0, 0.05) is 12.1 Å². The van der Waals surface area contributed by atoms with Crippen LogP contribution in [0.25, 0.3) is 0 Å². The Morgan fingerprint density at radius 1 is 1.23 bits per heavy atom. The van der Waals surface area contributed by atoms with Crippen molar-refractivity contribution in [2.75, 3.05) is 18.5 Å². The Labute approximate surface area is 151 Å². The number of amides is 2. The van der Waals surface area contributed by atoms with Crippen LogP contribution in [-0.2, 0) is 4.79 Å². The van der Waals surface area contributed by atoms with Gasteiger partial charge in [-0.15, -0.1) is 0 Å². The molecule has 1 heterocycles. The highest BCUT2D eigenvalue weighted by Gasteiger charge is 2.34. The fourth-order valence-electron chi connectivity index (χ4n) is 3.14. The number of nitrogens with one attached hydrogen (secondary N) is 1. The summed E-state index contributed by atoms with van der Waals surface area (Å²) >= 11 is 0. The van der Waals surface area contributed by atoms with Gasteiger partial charge in [0.25, 0.3) is 5.91 Å². The third kappa shape index (κ3) is 3.85. The monoisotopic (exact) mass is 356 g/mol. The summed E-state index contributed by atoms with van der Waals surface area (Å²) in [5.74, 6) is -0.481. The first-order valence-electron chi connectivity index (χ1n) is 8.69. The molecular weight excluding hydrogens is 335 g/mol. The quantitative estimate of drug-likeness (QED) is 0.892. The average Bonchev–Trinajstić information content (AvgIpc) is 3.13. The first kappa shape index (κ1) is 17.9. The lowest BCUT2D eigenvalue weighted by Crippen LogP contribution is -2.43. The molecule has 0 aromatic heterocycles. The van der Waals surface area contributed by atoms with E-state index in [4.69, 9.17) is 4.74 Å². The van der Waals surface area contributed by atoms with Gasteiger partial charge in [-0.05, 0) is 50.1 Å². The van der Waals surface area contributed by atoms with Crippen LogP contribution >= 0.6 is 0 Å². The number of para-hydroxylation sites is 2. The Bertz CT molecular complexity index is 809. The molecule has 0 bridgehead atoms. The molecule has 1 N–H and O–H groups in total. The summed E-state index contributed by atoms with van der Waals surface area (Å²) in [6.07, 6.45) is 1.30. The number of ether oxygens (including phenoxy) is 1. The zero-order valence-electron chi connectivity index (χ0n) is 14.6. The van der Waals surface area contributed by atoms with Crippen LogP contribution in [0.2, 0.25) is 0 Å². The molecule has 3 rings (SSSR count). The number of likely N-dealkylation sites (tertiary alicyclic amines) is 1. The van der Waals surface area contributed by atoms with Crippen molar-refractivity contribution in [2.24, 2.45) is 0 Å². The Balaban J connectivity index is 1.76. The Kier molecular flexibility index (Phi) is 5.51. The standard InChI is InChI=1S/C20H21FN2O3/c1-2-26-18-11-4-3-9-16(18)22-19(24)17-10-6-12-23(17)20(25)14-7-5-8-15(21)13-14/h3-5,7-9,11,13,17H,2,6,10,12H2,1H3,(H,22,24)/t17-/m1/s1. The number of anilines is 1. The fraction of sp³-hybridized carbons (Fsp3) is 0.300. The molecule has 136 valence electrons. The van der Waals surface area contributed by atoms with E-state index in [9.17, 15) is 14.0 Å². The van der Waals surface area contributed by atoms with Gasteiger partial charge in [-0.1, -0.05) is 18.2 Å². The highest BCUT2D eigenvalue weighted by Crippen LogP contribution is 2.26. The third-order valence-corrected chi connectivity index (χ3v) is 4.33. The predicted octanol–water partition coefficient (Wildman–Crippen LogP) is 3.47. The van der Waals surface area contributed by atoms with Gasteiger partial charge >= 0.3 is 0 Å². The van der Waals surface area contributed by atoms with Crippen molar-refractivity contribution in [1.82, 2.24) is 4.90 Å². The number of hydrogen-bond acceptors (Lipinski definition) is 3. The molecule has 1 aliphatic heterocycles. The van der Waals surface area contributed by atoms with Crippen LogP contribution in [0.15, 0.2) is 48.5 Å². The molecule has 2 aromatic carbocycles. The second-order valence-corrected chi connectivity index (χ2v) is 6.09. The molecule has 0 saturated carbocycles. The SMILES string of the molecule is CCOc1ccccc1NC(=O)[C@H]1CCCN1C(=O)c1cccc(F)c1. The highest BCUT2D eigenvalue weighted by molar-refractivity contribution is 6.02. The van der Waals surface area contributed by atoms with E-state index in [2.05, 4.69) is 5.32 Å². The van der Waals surface area contributed by atoms with Gasteiger partial charge < -0.3 is 15.0 Å². The number of nitrogens with zero attached hydrogens (tertiary/aromatic N) is 1. The second-order valence-electron chi connectivity index (χ2n) is 6.09. The lowest BCUT2D eigenvalue weighted by atomic mass is 10.1. The van der Waals surface area contributed by atoms with Crippen molar-refractivity contribution in [2.45, 2.75) is 25.8 Å². The number of halogens is 1. The van der Waals surface area contributed by atoms with Crippen LogP contribution in [0, 0.1) is 5.82 Å². The summed E-state index contributed by atoms with van der Waals surface area (Å²) in [7, 11) is 0. The molecule has 0 unspecified atom stereocenters. The van der Waals surface area contributed by atoms with Gasteiger partial charge in [0.15, 0.2) is 0 Å². The van der Waals surface area contributed by atoms with Gasteiger partial charge in [0.05, 0.1) is 12.3 Å². The summed E-state index contributed by atoms with van der Waals surface area (Å²) in [6.45, 7) is 2.83. The summed E-state index contributed by atoms with van der Waals surface area (Å²) in [4.78, 5) is 26.9. The van der Waals surface area contributed by atoms with E-state index in [-0.39, 0.29) is 17.4 Å². The van der Waals surface area contributed by atoms with Crippen molar-refractivity contribution < 1.29 is 18.7 Å². The van der Waals surface area contributed by atoms with E-state index in [1.807, 2.05) is 19.1 Å². The molecule has 0 aliphatic carbocycles. The van der Waals surface area contributed by atoms with E-state index in [0.717, 1.165) is 6.42 Å². The van der Waals surface area contributed by atoms with Crippen molar-refractivity contribution in [3.05, 3.63) is 59.9 Å². The summed E-state index contributed by atoms with van der Waals surface area (Å²) in [5.41, 5.74) is 0.823. The molecule has 1 aliphatic rings. The smallest absolute Gasteiger partial charge is 0.254 e. The largest absolute Gasteiger partial charge is 0.492 e. The van der Waals surface area contributed by atoms with E-state index in [1.54, 1.807) is 18.2 Å². The number of rotatable bonds is 5. The minimum Gasteiger partial charge on any atom is -0.492 e. The number of carbonyl (C=O) groups excluding carboxylic acids is 2. The topological polar surface area (TPSA) is 58.6 Å². The van der Waals surface area contributed by atoms with Gasteiger partial charge in [0.1, 0.15) is 17.6 Å². The van der Waals surface area contributed by atoms with Crippen LogP contribution in [0.4, 0.5) is 10.1 Å². The first-order valence-corrected chi connectivity index (χ1v) is 8.69. The average molecular weight is 356 g/mol. The molecule has 5 nitrogen and oxygen atoms in total. The maximum atomic E-state index is 13.4. The second kappa shape index (κ2) is 7.99. The number of benzene rings is 2. The molecular formula is C20H21FN2O3. The number of hydrogen-bond donors (Lipinski definition) is 1. The molecule has 1 saturated heterocycles. The van der Waals surface area contributed by atoms with Crippen LogP contribution in [-0.4, -0.2) is 35.9 Å². The minimum atomic E-state index is -0.583. The van der Waals surface area contributed by atoms with Gasteiger partial charge in [-0.3, -0.25) is 9.59 Å². The van der Waals surface area contributed by atoms with Crippen molar-refractivity contribution in [3.8, 4) is 5.75 Å². The van der Waals surface area contributed by atoms with Gasteiger partial charge in [0.2, 0.25) is 5.91 Å². The van der Waals surface area contributed by atoms with Crippen LogP contribution < -0.4 is 10.1 Å². The van der Waals surface area contributed by atoms with Crippen molar-refractivity contribution in [3.63, 3.8) is 0 Å². The van der Waals surface area contributed by atoms with E-state index < -0.39 is 11.9 Å². The van der Waals surface area contributed by atoms with E-state index in [1.165, 1.54) is 23.1 Å². The molecule has 0 radical (unpaired) electrons. The molecule has 1 atom stereocenters. The Morgan fingerprint density at radius 3 is 2.81 bits per heavy atom. The lowest BCUT2D eigenvalue weighted by molar-refractivity contribution is -0.119. The summed E-state index contributed by atoms with van der Waals surface area (Å²) in [5, 5.41) is 2.85.